The third-order valence-corrected chi connectivity index (χ3v) is 6.29. The molecule has 1 aliphatic rings. The zero-order valence-electron chi connectivity index (χ0n) is 19.1. The quantitative estimate of drug-likeness (QED) is 0.212. The van der Waals surface area contributed by atoms with Crippen LogP contribution in [0.2, 0.25) is 0 Å². The Hall–Kier alpha value is -4.86. The standard InChI is InChI=1S/C26H21N3O7/c1-35-18-7-8-20-19(13-18)16(14-27-20)9-10-28-23(15-4-2-5-17(12-15)29(33)34)22(25(31)26(28)32)24(30)21-6-3-11-36-21/h2-8,11-14,23,27,31H,9-10H2,1H3/t23-/m1/s1. The van der Waals surface area contributed by atoms with Crippen LogP contribution in [0.5, 0.6) is 5.75 Å². The number of nitrogens with zero attached hydrogens (tertiary/aromatic N) is 2. The minimum Gasteiger partial charge on any atom is -0.503 e. The molecule has 0 spiro atoms. The number of hydrogen-bond acceptors (Lipinski definition) is 7. The van der Waals surface area contributed by atoms with E-state index in [2.05, 4.69) is 4.98 Å². The number of methoxy groups -OCH3 is 1. The topological polar surface area (TPSA) is 139 Å². The molecule has 0 radical (unpaired) electrons. The van der Waals surface area contributed by atoms with E-state index in [1.54, 1.807) is 13.2 Å². The first kappa shape index (κ1) is 22.9. The van der Waals surface area contributed by atoms with E-state index in [9.17, 15) is 24.8 Å². The number of nitrogens with one attached hydrogen (secondary N) is 1. The van der Waals surface area contributed by atoms with Gasteiger partial charge in [0.1, 0.15) is 5.75 Å². The van der Waals surface area contributed by atoms with Gasteiger partial charge < -0.3 is 24.1 Å². The van der Waals surface area contributed by atoms with E-state index in [0.717, 1.165) is 16.5 Å². The lowest BCUT2D eigenvalue weighted by molar-refractivity contribution is -0.384. The summed E-state index contributed by atoms with van der Waals surface area (Å²) in [6, 6.07) is 13.2. The maximum atomic E-state index is 13.2. The molecular formula is C26H21N3O7. The summed E-state index contributed by atoms with van der Waals surface area (Å²) in [6.07, 6.45) is 3.53. The molecule has 0 fully saturated rings. The number of Topliss-reactive ketones (excluding diaryl/α,β-unsaturated/α-hetero) is 1. The number of aliphatic hydroxyl groups excluding tert-OH is 1. The number of ketones is 1. The number of carbonyl (C=O) groups is 2. The second kappa shape index (κ2) is 9.06. The van der Waals surface area contributed by atoms with Crippen molar-refractivity contribution in [3.63, 3.8) is 0 Å². The molecule has 0 aliphatic carbocycles. The fourth-order valence-electron chi connectivity index (χ4n) is 4.54. The van der Waals surface area contributed by atoms with Gasteiger partial charge in [0.05, 0.1) is 29.9 Å². The lowest BCUT2D eigenvalue weighted by Crippen LogP contribution is -2.33. The van der Waals surface area contributed by atoms with Crippen LogP contribution in [0.4, 0.5) is 5.69 Å². The Balaban J connectivity index is 1.53. The van der Waals surface area contributed by atoms with Crippen molar-refractivity contribution in [2.45, 2.75) is 12.5 Å². The molecule has 1 atom stereocenters. The van der Waals surface area contributed by atoms with Crippen LogP contribution in [0, 0.1) is 10.1 Å². The third-order valence-electron chi connectivity index (χ3n) is 6.29. The maximum Gasteiger partial charge on any atom is 0.290 e. The Morgan fingerprint density at radius 3 is 2.78 bits per heavy atom. The largest absolute Gasteiger partial charge is 0.503 e. The first-order chi connectivity index (χ1) is 17.4. The molecule has 10 nitrogen and oxygen atoms in total. The molecule has 0 unspecified atom stereocenters. The molecular weight excluding hydrogens is 466 g/mol. The molecule has 4 aromatic rings. The fraction of sp³-hybridized carbons (Fsp3) is 0.154. The number of hydrogen-bond donors (Lipinski definition) is 2. The second-order valence-electron chi connectivity index (χ2n) is 8.30. The molecule has 0 bridgehead atoms. The molecule has 10 heteroatoms. The Bertz CT molecular complexity index is 1520. The number of nitro groups is 1. The first-order valence-electron chi connectivity index (χ1n) is 11.1. The highest BCUT2D eigenvalue weighted by Crippen LogP contribution is 2.40. The van der Waals surface area contributed by atoms with Crippen molar-refractivity contribution in [3.05, 3.63) is 105 Å². The summed E-state index contributed by atoms with van der Waals surface area (Å²) in [4.78, 5) is 41.8. The molecule has 1 aliphatic heterocycles. The van der Waals surface area contributed by atoms with Crippen molar-refractivity contribution in [1.29, 1.82) is 0 Å². The number of furan rings is 1. The van der Waals surface area contributed by atoms with E-state index < -0.39 is 28.4 Å². The smallest absolute Gasteiger partial charge is 0.290 e. The van der Waals surface area contributed by atoms with Crippen molar-refractivity contribution >= 4 is 28.3 Å². The van der Waals surface area contributed by atoms with E-state index in [4.69, 9.17) is 9.15 Å². The number of nitro benzene ring substituents is 1. The summed E-state index contributed by atoms with van der Waals surface area (Å²) in [5.41, 5.74) is 1.75. The number of aliphatic hydroxyl groups is 1. The summed E-state index contributed by atoms with van der Waals surface area (Å²) in [6.45, 7) is 0.134. The summed E-state index contributed by atoms with van der Waals surface area (Å²) in [5, 5.41) is 23.1. The zero-order chi connectivity index (χ0) is 25.4. The summed E-state index contributed by atoms with van der Waals surface area (Å²) in [7, 11) is 1.58. The Kier molecular flexibility index (Phi) is 5.77. The third kappa shape index (κ3) is 3.88. The fourth-order valence-corrected chi connectivity index (χ4v) is 4.54. The number of rotatable bonds is 8. The Morgan fingerprint density at radius 1 is 1.22 bits per heavy atom. The summed E-state index contributed by atoms with van der Waals surface area (Å²) >= 11 is 0. The van der Waals surface area contributed by atoms with Crippen LogP contribution in [0.15, 0.2) is 82.8 Å². The minimum absolute atomic E-state index is 0.0506. The normalized spacial score (nSPS) is 15.6. The minimum atomic E-state index is -1.03. The van der Waals surface area contributed by atoms with Gasteiger partial charge in [0.2, 0.25) is 5.78 Å². The average Bonchev–Trinajstić information content (AvgIpc) is 3.62. The number of aromatic amines is 1. The van der Waals surface area contributed by atoms with Crippen molar-refractivity contribution < 1.29 is 28.8 Å². The van der Waals surface area contributed by atoms with Gasteiger partial charge in [0.25, 0.3) is 11.6 Å². The highest BCUT2D eigenvalue weighted by molar-refractivity contribution is 6.15. The van der Waals surface area contributed by atoms with Crippen molar-refractivity contribution in [2.24, 2.45) is 0 Å². The molecule has 2 N–H and O–H groups in total. The second-order valence-corrected chi connectivity index (χ2v) is 8.30. The van der Waals surface area contributed by atoms with Crippen LogP contribution in [0.1, 0.15) is 27.7 Å². The lowest BCUT2D eigenvalue weighted by Gasteiger charge is -2.26. The summed E-state index contributed by atoms with van der Waals surface area (Å²) < 4.78 is 10.5. The van der Waals surface area contributed by atoms with Crippen LogP contribution in [0.25, 0.3) is 10.9 Å². The SMILES string of the molecule is COc1ccc2[nH]cc(CCN3C(=O)C(O)=C(C(=O)c4ccco4)[C@H]3c3cccc([N+](=O)[O-])c3)c2c1. The van der Waals surface area contributed by atoms with Crippen LogP contribution < -0.4 is 4.74 Å². The highest BCUT2D eigenvalue weighted by atomic mass is 16.6. The van der Waals surface area contributed by atoms with Crippen LogP contribution >= 0.6 is 0 Å². The van der Waals surface area contributed by atoms with Crippen LogP contribution in [0.3, 0.4) is 0 Å². The van der Waals surface area contributed by atoms with Gasteiger partial charge in [-0.2, -0.15) is 0 Å². The predicted octanol–water partition coefficient (Wildman–Crippen LogP) is 4.50. The monoisotopic (exact) mass is 487 g/mol. The lowest BCUT2D eigenvalue weighted by atomic mass is 9.94. The van der Waals surface area contributed by atoms with Crippen molar-refractivity contribution in [2.75, 3.05) is 13.7 Å². The van der Waals surface area contributed by atoms with Gasteiger partial charge in [-0.1, -0.05) is 12.1 Å². The summed E-state index contributed by atoms with van der Waals surface area (Å²) in [5.74, 6) is -1.47. The number of carbonyl (C=O) groups excluding carboxylic acids is 2. The van der Waals surface area contributed by atoms with E-state index in [-0.39, 0.29) is 23.6 Å². The number of aromatic nitrogens is 1. The van der Waals surface area contributed by atoms with Crippen molar-refractivity contribution in [1.82, 2.24) is 9.88 Å². The highest BCUT2D eigenvalue weighted by Gasteiger charge is 2.44. The van der Waals surface area contributed by atoms with E-state index in [0.29, 0.717) is 17.7 Å². The molecule has 1 amide bonds. The van der Waals surface area contributed by atoms with Crippen LogP contribution in [-0.2, 0) is 11.2 Å². The number of amides is 1. The van der Waals surface area contributed by atoms with Gasteiger partial charge in [-0.25, -0.2) is 0 Å². The molecule has 2 aromatic carbocycles. The first-order valence-corrected chi connectivity index (χ1v) is 11.1. The molecule has 0 saturated carbocycles. The van der Waals surface area contributed by atoms with E-state index >= 15 is 0 Å². The zero-order valence-corrected chi connectivity index (χ0v) is 19.1. The van der Waals surface area contributed by atoms with Gasteiger partial charge in [-0.05, 0) is 47.9 Å². The molecule has 0 saturated heterocycles. The van der Waals surface area contributed by atoms with Gasteiger partial charge in [0.15, 0.2) is 11.5 Å². The number of ether oxygens (including phenoxy) is 1. The van der Waals surface area contributed by atoms with Gasteiger partial charge in [-0.3, -0.25) is 19.7 Å². The molecule has 2 aromatic heterocycles. The molecule has 5 rings (SSSR count). The van der Waals surface area contributed by atoms with Gasteiger partial charge in [-0.15, -0.1) is 0 Å². The molecule has 36 heavy (non-hydrogen) atoms. The van der Waals surface area contributed by atoms with E-state index in [1.165, 1.54) is 41.5 Å². The van der Waals surface area contributed by atoms with E-state index in [1.807, 2.05) is 24.4 Å². The number of fused-ring (bicyclic) bond motifs is 1. The Labute approximate surface area is 204 Å². The van der Waals surface area contributed by atoms with Gasteiger partial charge >= 0.3 is 0 Å². The maximum absolute atomic E-state index is 13.2. The predicted molar refractivity (Wildman–Crippen MR) is 129 cm³/mol. The van der Waals surface area contributed by atoms with Crippen LogP contribution in [-0.4, -0.2) is 45.3 Å². The molecule has 182 valence electrons. The number of H-pyrrole nitrogens is 1. The van der Waals surface area contributed by atoms with Gasteiger partial charge in [0, 0.05) is 35.8 Å². The average molecular weight is 487 g/mol. The van der Waals surface area contributed by atoms with Crippen molar-refractivity contribution in [3.8, 4) is 5.75 Å². The number of non-ortho nitro benzene ring substituents is 1. The number of benzene rings is 2. The molecule has 3 heterocycles. The Morgan fingerprint density at radius 2 is 2.06 bits per heavy atom.